The van der Waals surface area contributed by atoms with Crippen molar-refractivity contribution in [2.24, 2.45) is 11.5 Å². The van der Waals surface area contributed by atoms with E-state index in [0.29, 0.717) is 12.1 Å². The molecular formula is C12H14N4O3. The monoisotopic (exact) mass is 262 g/mol. The number of nitrogens with one attached hydrogen (secondary N) is 1. The predicted molar refractivity (Wildman–Crippen MR) is 68.2 cm³/mol. The predicted octanol–water partition coefficient (Wildman–Crippen LogP) is -0.876. The molecule has 5 N–H and O–H groups in total. The van der Waals surface area contributed by atoms with Crippen LogP contribution in [0.25, 0.3) is 0 Å². The highest BCUT2D eigenvalue weighted by Gasteiger charge is 2.13. The van der Waals surface area contributed by atoms with Crippen LogP contribution >= 0.6 is 0 Å². The van der Waals surface area contributed by atoms with Gasteiger partial charge in [0.1, 0.15) is 0 Å². The van der Waals surface area contributed by atoms with Crippen LogP contribution in [0.2, 0.25) is 0 Å². The summed E-state index contributed by atoms with van der Waals surface area (Å²) in [6.45, 7) is 3.58. The average molecular weight is 262 g/mol. The van der Waals surface area contributed by atoms with Crippen molar-refractivity contribution in [3.05, 3.63) is 41.7 Å². The maximum Gasteiger partial charge on any atom is 0.250 e. The van der Waals surface area contributed by atoms with Crippen LogP contribution < -0.4 is 16.8 Å². The summed E-state index contributed by atoms with van der Waals surface area (Å²) in [6, 6.07) is 1.29. The molecule has 1 aromatic heterocycles. The van der Waals surface area contributed by atoms with Gasteiger partial charge in [0.25, 0.3) is 5.91 Å². The smallest absolute Gasteiger partial charge is 0.250 e. The van der Waals surface area contributed by atoms with E-state index in [-0.39, 0.29) is 23.6 Å². The molecule has 0 radical (unpaired) electrons. The summed E-state index contributed by atoms with van der Waals surface area (Å²) in [6.07, 6.45) is 2.70. The van der Waals surface area contributed by atoms with Crippen molar-refractivity contribution in [1.29, 1.82) is 0 Å². The van der Waals surface area contributed by atoms with Crippen molar-refractivity contribution in [2.45, 2.75) is 6.42 Å². The zero-order valence-corrected chi connectivity index (χ0v) is 10.2. The average Bonchev–Trinajstić information content (AvgIpc) is 2.38. The number of carbonyl (C=O) groups excluding carboxylic acids is 3. The van der Waals surface area contributed by atoms with Gasteiger partial charge in [-0.2, -0.15) is 0 Å². The summed E-state index contributed by atoms with van der Waals surface area (Å²) >= 11 is 0. The first kappa shape index (κ1) is 14.4. The summed E-state index contributed by atoms with van der Waals surface area (Å²) in [5.41, 5.74) is 10.9. The van der Waals surface area contributed by atoms with Crippen molar-refractivity contribution in [3.63, 3.8) is 0 Å². The van der Waals surface area contributed by atoms with Gasteiger partial charge in [0.05, 0.1) is 16.8 Å². The van der Waals surface area contributed by atoms with E-state index in [0.717, 1.165) is 6.08 Å². The first-order chi connectivity index (χ1) is 8.95. The number of aromatic nitrogens is 1. The molecule has 0 atom stereocenters. The third-order valence-electron chi connectivity index (χ3n) is 2.37. The Morgan fingerprint density at radius 1 is 1.32 bits per heavy atom. The number of hydrogen-bond donors (Lipinski definition) is 3. The molecule has 3 amide bonds. The molecular weight excluding hydrogens is 248 g/mol. The lowest BCUT2D eigenvalue weighted by atomic mass is 10.1. The van der Waals surface area contributed by atoms with Crippen molar-refractivity contribution in [1.82, 2.24) is 10.3 Å². The molecule has 0 saturated carbocycles. The van der Waals surface area contributed by atoms with E-state index in [9.17, 15) is 14.4 Å². The van der Waals surface area contributed by atoms with Crippen LogP contribution in [0, 0.1) is 0 Å². The first-order valence-corrected chi connectivity index (χ1v) is 5.44. The Morgan fingerprint density at radius 3 is 2.53 bits per heavy atom. The lowest BCUT2D eigenvalue weighted by Gasteiger charge is -2.07. The van der Waals surface area contributed by atoms with Crippen molar-refractivity contribution < 1.29 is 14.4 Å². The number of pyridine rings is 1. The largest absolute Gasteiger partial charge is 0.366 e. The van der Waals surface area contributed by atoms with Crippen molar-refractivity contribution in [3.8, 4) is 0 Å². The first-order valence-electron chi connectivity index (χ1n) is 5.44. The standard InChI is InChI=1S/C12H14N4O3/c1-2-10(17)15-4-3-9-8(12(14)19)5-7(6-16-9)11(13)18/h2,5-6H,1,3-4H2,(H2,13,18)(H2,14,19)(H,15,17). The van der Waals surface area contributed by atoms with Gasteiger partial charge in [-0.1, -0.05) is 6.58 Å². The third-order valence-corrected chi connectivity index (χ3v) is 2.37. The molecule has 0 aliphatic rings. The second-order valence-corrected chi connectivity index (χ2v) is 3.69. The number of nitrogens with zero attached hydrogens (tertiary/aromatic N) is 1. The van der Waals surface area contributed by atoms with Crippen LogP contribution in [0.5, 0.6) is 0 Å². The summed E-state index contributed by atoms with van der Waals surface area (Å²) in [5, 5.41) is 2.54. The minimum Gasteiger partial charge on any atom is -0.366 e. The Bertz CT molecular complexity index is 540. The Labute approximate surface area is 109 Å². The van der Waals surface area contributed by atoms with Crippen LogP contribution in [0.3, 0.4) is 0 Å². The lowest BCUT2D eigenvalue weighted by molar-refractivity contribution is -0.116. The van der Waals surface area contributed by atoms with Gasteiger partial charge < -0.3 is 16.8 Å². The molecule has 1 heterocycles. The molecule has 0 aromatic carbocycles. The van der Waals surface area contributed by atoms with E-state index in [4.69, 9.17) is 11.5 Å². The molecule has 0 aliphatic carbocycles. The molecule has 1 aromatic rings. The van der Waals surface area contributed by atoms with E-state index in [1.807, 2.05) is 0 Å². The Hall–Kier alpha value is -2.70. The normalized spacial score (nSPS) is 9.68. The number of hydrogen-bond acceptors (Lipinski definition) is 4. The second-order valence-electron chi connectivity index (χ2n) is 3.69. The van der Waals surface area contributed by atoms with Crippen LogP contribution in [0.15, 0.2) is 24.9 Å². The molecule has 0 spiro atoms. The van der Waals surface area contributed by atoms with Crippen LogP contribution in [-0.2, 0) is 11.2 Å². The van der Waals surface area contributed by atoms with Gasteiger partial charge >= 0.3 is 0 Å². The highest BCUT2D eigenvalue weighted by atomic mass is 16.2. The van der Waals surface area contributed by atoms with Crippen molar-refractivity contribution in [2.75, 3.05) is 6.54 Å². The second kappa shape index (κ2) is 6.29. The fourth-order valence-corrected chi connectivity index (χ4v) is 1.42. The van der Waals surface area contributed by atoms with Crippen LogP contribution in [0.1, 0.15) is 26.4 Å². The maximum absolute atomic E-state index is 11.3. The summed E-state index contributed by atoms with van der Waals surface area (Å²) < 4.78 is 0. The molecule has 7 heteroatoms. The number of amides is 3. The number of primary amides is 2. The fourth-order valence-electron chi connectivity index (χ4n) is 1.42. The third kappa shape index (κ3) is 3.91. The van der Waals surface area contributed by atoms with E-state index in [1.54, 1.807) is 0 Å². The molecule has 0 bridgehead atoms. The molecule has 0 aliphatic heterocycles. The topological polar surface area (TPSA) is 128 Å². The summed E-state index contributed by atoms with van der Waals surface area (Å²) in [7, 11) is 0. The molecule has 0 unspecified atom stereocenters. The Kier molecular flexibility index (Phi) is 4.76. The quantitative estimate of drug-likeness (QED) is 0.575. The van der Waals surface area contributed by atoms with Gasteiger partial charge in [-0.15, -0.1) is 0 Å². The van der Waals surface area contributed by atoms with Crippen molar-refractivity contribution >= 4 is 17.7 Å². The Morgan fingerprint density at radius 2 is 2.00 bits per heavy atom. The maximum atomic E-state index is 11.3. The molecule has 19 heavy (non-hydrogen) atoms. The summed E-state index contributed by atoms with van der Waals surface area (Å²) in [4.78, 5) is 37.2. The molecule has 7 nitrogen and oxygen atoms in total. The minimum absolute atomic E-state index is 0.104. The van der Waals surface area contributed by atoms with E-state index in [2.05, 4.69) is 16.9 Å². The zero-order valence-electron chi connectivity index (χ0n) is 10.2. The molecule has 0 saturated heterocycles. The fraction of sp³-hybridized carbons (Fsp3) is 0.167. The number of carbonyl (C=O) groups is 3. The van der Waals surface area contributed by atoms with Gasteiger partial charge in [0, 0.05) is 19.2 Å². The molecule has 0 fully saturated rings. The van der Waals surface area contributed by atoms with Crippen LogP contribution in [-0.4, -0.2) is 29.3 Å². The SMILES string of the molecule is C=CC(=O)NCCc1ncc(C(N)=O)cc1C(N)=O. The van der Waals surface area contributed by atoms with E-state index >= 15 is 0 Å². The minimum atomic E-state index is -0.708. The lowest BCUT2D eigenvalue weighted by Crippen LogP contribution is -2.25. The van der Waals surface area contributed by atoms with Gasteiger partial charge in [0.2, 0.25) is 11.8 Å². The highest BCUT2D eigenvalue weighted by molar-refractivity contribution is 5.98. The number of rotatable bonds is 6. The van der Waals surface area contributed by atoms with E-state index in [1.165, 1.54) is 12.3 Å². The summed E-state index contributed by atoms with van der Waals surface area (Å²) in [5.74, 6) is -1.73. The van der Waals surface area contributed by atoms with E-state index < -0.39 is 11.8 Å². The molecule has 100 valence electrons. The van der Waals surface area contributed by atoms with Gasteiger partial charge in [-0.05, 0) is 12.1 Å². The number of nitrogens with two attached hydrogens (primary N) is 2. The molecule has 1 rings (SSSR count). The van der Waals surface area contributed by atoms with Crippen LogP contribution in [0.4, 0.5) is 0 Å². The highest BCUT2D eigenvalue weighted by Crippen LogP contribution is 2.09. The van der Waals surface area contributed by atoms with Gasteiger partial charge in [-0.3, -0.25) is 19.4 Å². The van der Waals surface area contributed by atoms with Gasteiger partial charge in [0.15, 0.2) is 0 Å². The Balaban J connectivity index is 2.88. The zero-order chi connectivity index (χ0) is 14.4. The van der Waals surface area contributed by atoms with Gasteiger partial charge in [-0.25, -0.2) is 0 Å².